The molecule has 1 aromatic rings. The fraction of sp³-hybridized carbons (Fsp3) is 0.143. The Morgan fingerprint density at radius 2 is 2.64 bits per heavy atom. The van der Waals surface area contributed by atoms with E-state index < -0.39 is 5.97 Å². The van der Waals surface area contributed by atoms with Crippen molar-refractivity contribution in [1.82, 2.24) is 4.98 Å². The molecule has 0 amide bonds. The normalized spacial score (nSPS) is 8.36. The molecule has 4 heteroatoms. The largest absolute Gasteiger partial charge is 0.481 e. The van der Waals surface area contributed by atoms with Gasteiger partial charge in [-0.3, -0.25) is 4.79 Å². The van der Waals surface area contributed by atoms with Crippen LogP contribution in [0.4, 0.5) is 0 Å². The molecule has 1 aromatic heterocycles. The third-order valence-corrected chi connectivity index (χ3v) is 1.47. The summed E-state index contributed by atoms with van der Waals surface area (Å²) in [5, 5.41) is 9.99. The second kappa shape index (κ2) is 3.74. The number of carbonyl (C=O) groups is 1. The average Bonchev–Trinajstić information content (AvgIpc) is 2.39. The van der Waals surface area contributed by atoms with E-state index >= 15 is 0 Å². The highest BCUT2D eigenvalue weighted by Crippen LogP contribution is 1.97. The Balaban J connectivity index is 2.52. The molecule has 0 aromatic carbocycles. The minimum Gasteiger partial charge on any atom is -0.481 e. The number of carboxylic acids is 1. The first-order valence-electron chi connectivity index (χ1n) is 2.88. The van der Waals surface area contributed by atoms with E-state index in [-0.39, 0.29) is 6.42 Å². The zero-order valence-corrected chi connectivity index (χ0v) is 6.39. The molecule has 0 aliphatic rings. The first kappa shape index (κ1) is 7.76. The van der Waals surface area contributed by atoms with Gasteiger partial charge in [0.2, 0.25) is 0 Å². The number of carboxylic acid groups (broad SMARTS) is 1. The second-order valence-corrected chi connectivity index (χ2v) is 2.46. The summed E-state index contributed by atoms with van der Waals surface area (Å²) in [6.45, 7) is 0. The van der Waals surface area contributed by atoms with Crippen LogP contribution < -0.4 is 0 Å². The first-order valence-corrected chi connectivity index (χ1v) is 3.82. The summed E-state index contributed by atoms with van der Waals surface area (Å²) in [5.41, 5.74) is 2.29. The molecule has 1 heterocycles. The fourth-order valence-electron chi connectivity index (χ4n) is 0.485. The summed E-state index contributed by atoms with van der Waals surface area (Å²) < 4.78 is 0. The lowest BCUT2D eigenvalue weighted by molar-refractivity contribution is -0.135. The molecule has 0 atom stereocenters. The molecule has 0 bridgehead atoms. The minimum atomic E-state index is -0.910. The fourth-order valence-corrected chi connectivity index (χ4v) is 0.969. The van der Waals surface area contributed by atoms with Crippen LogP contribution in [0, 0.1) is 11.8 Å². The van der Waals surface area contributed by atoms with E-state index in [0.29, 0.717) is 5.69 Å². The van der Waals surface area contributed by atoms with E-state index in [1.165, 1.54) is 11.3 Å². The SMILES string of the molecule is O=C(O)CC#Cc1cscn1. The smallest absolute Gasteiger partial charge is 0.315 e. The van der Waals surface area contributed by atoms with Crippen molar-refractivity contribution in [3.8, 4) is 11.8 Å². The van der Waals surface area contributed by atoms with E-state index in [0.717, 1.165) is 0 Å². The van der Waals surface area contributed by atoms with Gasteiger partial charge >= 0.3 is 5.97 Å². The molecule has 0 radical (unpaired) electrons. The maximum Gasteiger partial charge on any atom is 0.315 e. The van der Waals surface area contributed by atoms with Gasteiger partial charge in [-0.25, -0.2) is 4.98 Å². The number of hydrogen-bond acceptors (Lipinski definition) is 3. The Morgan fingerprint density at radius 3 is 3.18 bits per heavy atom. The first-order chi connectivity index (χ1) is 5.29. The van der Waals surface area contributed by atoms with Crippen molar-refractivity contribution in [3.05, 3.63) is 16.6 Å². The van der Waals surface area contributed by atoms with Crippen LogP contribution in [0.5, 0.6) is 0 Å². The second-order valence-electron chi connectivity index (χ2n) is 1.75. The zero-order chi connectivity index (χ0) is 8.10. The molecule has 0 aliphatic heterocycles. The molecule has 56 valence electrons. The predicted molar refractivity (Wildman–Crippen MR) is 41.2 cm³/mol. The average molecular weight is 167 g/mol. The number of rotatable bonds is 1. The quantitative estimate of drug-likeness (QED) is 0.634. The van der Waals surface area contributed by atoms with Crippen molar-refractivity contribution < 1.29 is 9.90 Å². The van der Waals surface area contributed by atoms with E-state index in [4.69, 9.17) is 5.11 Å². The Bertz CT molecular complexity index is 294. The van der Waals surface area contributed by atoms with Crippen LogP contribution in [0.3, 0.4) is 0 Å². The summed E-state index contributed by atoms with van der Waals surface area (Å²) in [6.07, 6.45) is -0.127. The maximum atomic E-state index is 10.0. The highest BCUT2D eigenvalue weighted by Gasteiger charge is 1.89. The molecular weight excluding hydrogens is 162 g/mol. The Kier molecular flexibility index (Phi) is 2.64. The molecule has 1 rings (SSSR count). The molecule has 0 saturated carbocycles. The summed E-state index contributed by atoms with van der Waals surface area (Å²) >= 11 is 1.44. The lowest BCUT2D eigenvalue weighted by Gasteiger charge is -1.77. The maximum absolute atomic E-state index is 10.0. The summed E-state index contributed by atoms with van der Waals surface area (Å²) in [7, 11) is 0. The van der Waals surface area contributed by atoms with Gasteiger partial charge < -0.3 is 5.11 Å². The van der Waals surface area contributed by atoms with Gasteiger partial charge in [0.15, 0.2) is 0 Å². The van der Waals surface area contributed by atoms with Crippen LogP contribution in [0.15, 0.2) is 10.9 Å². The lowest BCUT2D eigenvalue weighted by Crippen LogP contribution is -1.90. The van der Waals surface area contributed by atoms with Crippen molar-refractivity contribution in [2.75, 3.05) is 0 Å². The van der Waals surface area contributed by atoms with Crippen LogP contribution in [-0.2, 0) is 4.79 Å². The van der Waals surface area contributed by atoms with E-state index in [2.05, 4.69) is 16.8 Å². The van der Waals surface area contributed by atoms with Crippen molar-refractivity contribution in [3.63, 3.8) is 0 Å². The Labute approximate surface area is 67.7 Å². The number of hydrogen-bond donors (Lipinski definition) is 1. The van der Waals surface area contributed by atoms with Gasteiger partial charge in [-0.1, -0.05) is 5.92 Å². The zero-order valence-electron chi connectivity index (χ0n) is 5.57. The van der Waals surface area contributed by atoms with E-state index in [1.807, 2.05) is 0 Å². The lowest BCUT2D eigenvalue weighted by atomic mass is 10.4. The number of aliphatic carboxylic acids is 1. The van der Waals surface area contributed by atoms with Crippen molar-refractivity contribution in [2.24, 2.45) is 0 Å². The molecule has 0 fully saturated rings. The van der Waals surface area contributed by atoms with Gasteiger partial charge in [0.1, 0.15) is 12.1 Å². The van der Waals surface area contributed by atoms with Gasteiger partial charge in [-0.05, 0) is 5.92 Å². The molecule has 1 N–H and O–H groups in total. The topological polar surface area (TPSA) is 50.2 Å². The van der Waals surface area contributed by atoms with Crippen LogP contribution in [0.2, 0.25) is 0 Å². The van der Waals surface area contributed by atoms with Crippen molar-refractivity contribution >= 4 is 17.3 Å². The molecule has 0 unspecified atom stereocenters. The summed E-state index contributed by atoms with van der Waals surface area (Å²) in [5.74, 6) is 4.20. The number of thiazole rings is 1. The highest BCUT2D eigenvalue weighted by atomic mass is 32.1. The third-order valence-electron chi connectivity index (χ3n) is 0.888. The minimum absolute atomic E-state index is 0.127. The monoisotopic (exact) mass is 167 g/mol. The molecular formula is C7H5NO2S. The van der Waals surface area contributed by atoms with Crippen LogP contribution in [0.25, 0.3) is 0 Å². The Hall–Kier alpha value is -1.34. The standard InChI is InChI=1S/C7H5NO2S/c9-7(10)3-1-2-6-4-11-5-8-6/h4-5H,3H2,(H,9,10). The molecule has 11 heavy (non-hydrogen) atoms. The summed E-state index contributed by atoms with van der Waals surface area (Å²) in [6, 6.07) is 0. The predicted octanol–water partition coefficient (Wildman–Crippen LogP) is 0.969. The number of nitrogens with zero attached hydrogens (tertiary/aromatic N) is 1. The van der Waals surface area contributed by atoms with Crippen LogP contribution in [0.1, 0.15) is 12.1 Å². The van der Waals surface area contributed by atoms with E-state index in [1.54, 1.807) is 10.9 Å². The van der Waals surface area contributed by atoms with Crippen LogP contribution >= 0.6 is 11.3 Å². The molecule has 0 saturated heterocycles. The van der Waals surface area contributed by atoms with Gasteiger partial charge in [0.25, 0.3) is 0 Å². The van der Waals surface area contributed by atoms with Gasteiger partial charge in [0, 0.05) is 5.38 Å². The van der Waals surface area contributed by atoms with Crippen molar-refractivity contribution in [2.45, 2.75) is 6.42 Å². The van der Waals surface area contributed by atoms with Gasteiger partial charge in [-0.2, -0.15) is 0 Å². The molecule has 0 spiro atoms. The number of aromatic nitrogens is 1. The van der Waals surface area contributed by atoms with Crippen molar-refractivity contribution in [1.29, 1.82) is 0 Å². The molecule has 0 aliphatic carbocycles. The Morgan fingerprint density at radius 1 is 1.82 bits per heavy atom. The van der Waals surface area contributed by atoms with Crippen LogP contribution in [-0.4, -0.2) is 16.1 Å². The van der Waals surface area contributed by atoms with E-state index in [9.17, 15) is 4.79 Å². The van der Waals surface area contributed by atoms with Gasteiger partial charge in [0.05, 0.1) is 5.51 Å². The highest BCUT2D eigenvalue weighted by molar-refractivity contribution is 7.07. The third kappa shape index (κ3) is 2.83. The van der Waals surface area contributed by atoms with Gasteiger partial charge in [-0.15, -0.1) is 11.3 Å². The summed E-state index contributed by atoms with van der Waals surface area (Å²) in [4.78, 5) is 13.9. The molecule has 3 nitrogen and oxygen atoms in total.